The molecule has 4 heteroatoms. The van der Waals surface area contributed by atoms with Crippen molar-refractivity contribution in [3.05, 3.63) is 34.3 Å². The smallest absolute Gasteiger partial charge is 0.306 e. The number of esters is 1. The molecular formula is C13H18BrNO2. The van der Waals surface area contributed by atoms with Gasteiger partial charge in [0.25, 0.3) is 0 Å². The van der Waals surface area contributed by atoms with Crippen LogP contribution in [-0.2, 0) is 9.53 Å². The zero-order valence-electron chi connectivity index (χ0n) is 10.2. The van der Waals surface area contributed by atoms with Gasteiger partial charge in [-0.15, -0.1) is 0 Å². The summed E-state index contributed by atoms with van der Waals surface area (Å²) in [6, 6.07) is 8.48. The van der Waals surface area contributed by atoms with Crippen molar-refractivity contribution in [3.63, 3.8) is 0 Å². The molecule has 1 rings (SSSR count). The minimum absolute atomic E-state index is 0.179. The Kier molecular flexibility index (Phi) is 6.22. The maximum Gasteiger partial charge on any atom is 0.306 e. The second-order valence-corrected chi connectivity index (χ2v) is 4.71. The average Bonchev–Trinajstić information content (AvgIpc) is 2.34. The minimum Gasteiger partial charge on any atom is -0.469 e. The van der Waals surface area contributed by atoms with Crippen molar-refractivity contribution in [1.29, 1.82) is 0 Å². The van der Waals surface area contributed by atoms with Crippen LogP contribution in [0.3, 0.4) is 0 Å². The summed E-state index contributed by atoms with van der Waals surface area (Å²) in [5.41, 5.74) is 1.23. The lowest BCUT2D eigenvalue weighted by Gasteiger charge is -2.17. The number of nitrogens with one attached hydrogen (secondary N) is 1. The van der Waals surface area contributed by atoms with Gasteiger partial charge in [0.05, 0.1) is 13.5 Å². The molecule has 17 heavy (non-hydrogen) atoms. The van der Waals surface area contributed by atoms with Gasteiger partial charge in [0.15, 0.2) is 0 Å². The molecule has 0 amide bonds. The number of hydrogen-bond donors (Lipinski definition) is 1. The molecule has 0 saturated heterocycles. The van der Waals surface area contributed by atoms with Crippen LogP contribution >= 0.6 is 15.9 Å². The van der Waals surface area contributed by atoms with Gasteiger partial charge in [0.2, 0.25) is 0 Å². The fraction of sp³-hybridized carbons (Fsp3) is 0.462. The van der Waals surface area contributed by atoms with Crippen molar-refractivity contribution in [1.82, 2.24) is 5.32 Å². The highest BCUT2D eigenvalue weighted by molar-refractivity contribution is 9.10. The third-order valence-electron chi connectivity index (χ3n) is 2.61. The average molecular weight is 300 g/mol. The van der Waals surface area contributed by atoms with E-state index < -0.39 is 0 Å². The first-order valence-electron chi connectivity index (χ1n) is 5.73. The summed E-state index contributed by atoms with van der Waals surface area (Å²) in [4.78, 5) is 11.0. The predicted molar refractivity (Wildman–Crippen MR) is 71.8 cm³/mol. The quantitative estimate of drug-likeness (QED) is 0.821. The number of hydrogen-bond acceptors (Lipinski definition) is 3. The summed E-state index contributed by atoms with van der Waals surface area (Å²) in [5, 5.41) is 3.36. The molecule has 1 N–H and O–H groups in total. The van der Waals surface area contributed by atoms with E-state index in [9.17, 15) is 4.79 Å². The van der Waals surface area contributed by atoms with E-state index in [0.29, 0.717) is 13.0 Å². The highest BCUT2D eigenvalue weighted by Gasteiger charge is 2.09. The van der Waals surface area contributed by atoms with Crippen LogP contribution in [0.15, 0.2) is 28.7 Å². The first kappa shape index (κ1) is 14.2. The molecule has 1 aromatic carbocycles. The fourth-order valence-electron chi connectivity index (χ4n) is 1.67. The number of carbonyl (C=O) groups is 1. The van der Waals surface area contributed by atoms with E-state index in [1.54, 1.807) is 0 Å². The number of rotatable bonds is 6. The van der Waals surface area contributed by atoms with Gasteiger partial charge >= 0.3 is 5.97 Å². The Bertz CT molecular complexity index is 368. The van der Waals surface area contributed by atoms with Crippen molar-refractivity contribution in [2.75, 3.05) is 13.7 Å². The Morgan fingerprint density at radius 3 is 2.88 bits per heavy atom. The summed E-state index contributed by atoms with van der Waals surface area (Å²) < 4.78 is 5.68. The summed E-state index contributed by atoms with van der Waals surface area (Å²) in [6.45, 7) is 2.76. The second-order valence-electron chi connectivity index (χ2n) is 3.80. The summed E-state index contributed by atoms with van der Waals surface area (Å²) in [7, 11) is 1.41. The van der Waals surface area contributed by atoms with E-state index in [0.717, 1.165) is 10.9 Å². The Morgan fingerprint density at radius 1 is 1.53 bits per heavy atom. The Balaban J connectivity index is 2.51. The number of halogens is 1. The van der Waals surface area contributed by atoms with Crippen molar-refractivity contribution in [2.45, 2.75) is 25.8 Å². The molecule has 0 aliphatic rings. The summed E-state index contributed by atoms with van der Waals surface area (Å²) in [6.07, 6.45) is 1.39. The first-order chi connectivity index (χ1) is 8.17. The number of ether oxygens (including phenoxy) is 1. The molecule has 1 atom stereocenters. The van der Waals surface area contributed by atoms with E-state index in [-0.39, 0.29) is 12.0 Å². The van der Waals surface area contributed by atoms with Gasteiger partial charge in [0.1, 0.15) is 0 Å². The molecule has 0 saturated carbocycles. The Hall–Kier alpha value is -0.870. The van der Waals surface area contributed by atoms with Gasteiger partial charge in [-0.05, 0) is 24.1 Å². The van der Waals surface area contributed by atoms with E-state index in [4.69, 9.17) is 0 Å². The van der Waals surface area contributed by atoms with Gasteiger partial charge in [0, 0.05) is 17.1 Å². The third-order valence-corrected chi connectivity index (χ3v) is 3.10. The maximum atomic E-state index is 11.0. The lowest BCUT2D eigenvalue weighted by molar-refractivity contribution is -0.140. The zero-order valence-corrected chi connectivity index (χ0v) is 11.8. The van der Waals surface area contributed by atoms with Crippen molar-refractivity contribution in [3.8, 4) is 0 Å². The van der Waals surface area contributed by atoms with Crippen molar-refractivity contribution < 1.29 is 9.53 Å². The van der Waals surface area contributed by atoms with Crippen molar-refractivity contribution in [2.24, 2.45) is 0 Å². The van der Waals surface area contributed by atoms with Crippen LogP contribution in [0.4, 0.5) is 0 Å². The topological polar surface area (TPSA) is 38.3 Å². The van der Waals surface area contributed by atoms with Gasteiger partial charge in [-0.1, -0.05) is 35.0 Å². The molecule has 0 aliphatic carbocycles. The van der Waals surface area contributed by atoms with Crippen LogP contribution in [0.25, 0.3) is 0 Å². The maximum absolute atomic E-state index is 11.0. The monoisotopic (exact) mass is 299 g/mol. The summed E-state index contributed by atoms with van der Waals surface area (Å²) in [5.74, 6) is -0.179. The summed E-state index contributed by atoms with van der Waals surface area (Å²) >= 11 is 3.46. The van der Waals surface area contributed by atoms with Crippen LogP contribution in [0.2, 0.25) is 0 Å². The largest absolute Gasteiger partial charge is 0.469 e. The van der Waals surface area contributed by atoms with E-state index in [2.05, 4.69) is 45.0 Å². The number of carbonyl (C=O) groups excluding carboxylic acids is 1. The van der Waals surface area contributed by atoms with Crippen LogP contribution in [-0.4, -0.2) is 19.6 Å². The second kappa shape index (κ2) is 7.45. The molecule has 0 radical (unpaired) electrons. The predicted octanol–water partition coefficient (Wildman–Crippen LogP) is 3.05. The van der Waals surface area contributed by atoms with E-state index in [1.807, 2.05) is 12.1 Å². The highest BCUT2D eigenvalue weighted by Crippen LogP contribution is 2.20. The molecule has 0 spiro atoms. The number of benzene rings is 1. The SMILES string of the molecule is CCC(NCCC(=O)OC)c1cccc(Br)c1. The molecule has 94 valence electrons. The normalized spacial score (nSPS) is 12.2. The van der Waals surface area contributed by atoms with Crippen LogP contribution < -0.4 is 5.32 Å². The van der Waals surface area contributed by atoms with Gasteiger partial charge < -0.3 is 10.1 Å². The van der Waals surface area contributed by atoms with Gasteiger partial charge in [-0.25, -0.2) is 0 Å². The molecule has 1 unspecified atom stereocenters. The molecule has 0 bridgehead atoms. The Labute approximate surface area is 111 Å². The first-order valence-corrected chi connectivity index (χ1v) is 6.52. The number of methoxy groups -OCH3 is 1. The van der Waals surface area contributed by atoms with E-state index in [1.165, 1.54) is 12.7 Å². The molecule has 0 fully saturated rings. The van der Waals surface area contributed by atoms with E-state index >= 15 is 0 Å². The van der Waals surface area contributed by atoms with Crippen LogP contribution in [0, 0.1) is 0 Å². The standard InChI is InChI=1S/C13H18BrNO2/c1-3-12(15-8-7-13(16)17-2)10-5-4-6-11(14)9-10/h4-6,9,12,15H,3,7-8H2,1-2H3. The lowest BCUT2D eigenvalue weighted by Crippen LogP contribution is -2.24. The molecule has 0 aliphatic heterocycles. The van der Waals surface area contributed by atoms with Crippen molar-refractivity contribution >= 4 is 21.9 Å². The molecular weight excluding hydrogens is 282 g/mol. The third kappa shape index (κ3) is 4.88. The van der Waals surface area contributed by atoms with Crippen LogP contribution in [0.5, 0.6) is 0 Å². The Morgan fingerprint density at radius 2 is 2.29 bits per heavy atom. The van der Waals surface area contributed by atoms with Gasteiger partial charge in [-0.2, -0.15) is 0 Å². The minimum atomic E-state index is -0.179. The fourth-order valence-corrected chi connectivity index (χ4v) is 2.09. The molecule has 0 heterocycles. The highest BCUT2D eigenvalue weighted by atomic mass is 79.9. The molecule has 1 aromatic rings. The van der Waals surface area contributed by atoms with Gasteiger partial charge in [-0.3, -0.25) is 4.79 Å². The molecule has 3 nitrogen and oxygen atoms in total. The molecule has 0 aromatic heterocycles. The van der Waals surface area contributed by atoms with Crippen LogP contribution in [0.1, 0.15) is 31.4 Å². The zero-order chi connectivity index (χ0) is 12.7. The lowest BCUT2D eigenvalue weighted by atomic mass is 10.0.